The van der Waals surface area contributed by atoms with Gasteiger partial charge in [-0.2, -0.15) is 0 Å². The molecule has 1 amide bonds. The molecule has 0 aliphatic carbocycles. The van der Waals surface area contributed by atoms with Crippen molar-refractivity contribution in [3.05, 3.63) is 62.7 Å². The molecule has 9 heteroatoms. The molecule has 2 aromatic carbocycles. The monoisotopic (exact) mass is 551 g/mol. The zero-order valence-corrected chi connectivity index (χ0v) is 21.2. The average molecular weight is 552 g/mol. The van der Waals surface area contributed by atoms with Crippen LogP contribution in [0.2, 0.25) is 0 Å². The van der Waals surface area contributed by atoms with Crippen molar-refractivity contribution in [2.24, 2.45) is 0 Å². The predicted octanol–water partition coefficient (Wildman–Crippen LogP) is 5.95. The second-order valence-electron chi connectivity index (χ2n) is 7.57. The predicted molar refractivity (Wildman–Crippen MR) is 135 cm³/mol. The lowest BCUT2D eigenvalue weighted by atomic mass is 10.1. The third-order valence-electron chi connectivity index (χ3n) is 5.24. The van der Waals surface area contributed by atoms with E-state index in [1.807, 2.05) is 13.0 Å². The summed E-state index contributed by atoms with van der Waals surface area (Å²) in [5, 5.41) is 0. The highest BCUT2D eigenvalue weighted by atomic mass is 79.9. The highest BCUT2D eigenvalue weighted by Gasteiger charge is 2.34. The molecule has 174 valence electrons. The number of hydrogen-bond acceptors (Lipinski definition) is 6. The van der Waals surface area contributed by atoms with Gasteiger partial charge in [-0.15, -0.1) is 0 Å². The highest BCUT2D eigenvalue weighted by molar-refractivity contribution is 9.10. The molecule has 0 spiro atoms. The Morgan fingerprint density at radius 1 is 1.33 bits per heavy atom. The molecule has 5 nitrogen and oxygen atoms in total. The molecule has 2 aromatic rings. The number of ether oxygens (including phenoxy) is 3. The molecule has 33 heavy (non-hydrogen) atoms. The molecule has 4 rings (SSSR count). The zero-order valence-electron chi connectivity index (χ0n) is 18.0. The highest BCUT2D eigenvalue weighted by Crippen LogP contribution is 2.40. The fourth-order valence-corrected chi connectivity index (χ4v) is 5.49. The van der Waals surface area contributed by atoms with Gasteiger partial charge in [-0.3, -0.25) is 9.69 Å². The third kappa shape index (κ3) is 5.77. The molecule has 0 N–H and O–H groups in total. The molecule has 1 atom stereocenters. The molecule has 0 aromatic heterocycles. The van der Waals surface area contributed by atoms with Crippen LogP contribution < -0.4 is 9.47 Å². The van der Waals surface area contributed by atoms with Gasteiger partial charge >= 0.3 is 0 Å². The molecule has 2 saturated heterocycles. The second-order valence-corrected chi connectivity index (χ2v) is 10.1. The molecule has 0 bridgehead atoms. The Morgan fingerprint density at radius 3 is 2.88 bits per heavy atom. The Bertz CT molecular complexity index is 1090. The number of halogens is 2. The van der Waals surface area contributed by atoms with E-state index in [0.29, 0.717) is 43.9 Å². The summed E-state index contributed by atoms with van der Waals surface area (Å²) in [6, 6.07) is 10.1. The number of thioether (sulfide) groups is 1. The number of benzene rings is 2. The molecular formula is C24H23BrFNO4S2. The molecule has 2 aliphatic rings. The van der Waals surface area contributed by atoms with E-state index in [0.717, 1.165) is 25.0 Å². The minimum atomic E-state index is -0.326. The SMILES string of the molecule is CCOc1cc(/C=C2\SC(=S)N(C[C@@H]3CCCO3)C2=O)cc(Br)c1OCc1ccccc1F. The van der Waals surface area contributed by atoms with Crippen molar-refractivity contribution in [1.82, 2.24) is 4.90 Å². The summed E-state index contributed by atoms with van der Waals surface area (Å²) in [6.07, 6.45) is 3.78. The van der Waals surface area contributed by atoms with E-state index in [2.05, 4.69) is 15.9 Å². The first kappa shape index (κ1) is 24.2. The number of carbonyl (C=O) groups excluding carboxylic acids is 1. The molecule has 0 unspecified atom stereocenters. The van der Waals surface area contributed by atoms with Crippen LogP contribution in [0.1, 0.15) is 30.9 Å². The summed E-state index contributed by atoms with van der Waals surface area (Å²) >= 11 is 10.3. The summed E-state index contributed by atoms with van der Waals surface area (Å²) in [5.41, 5.74) is 1.21. The first-order valence-electron chi connectivity index (χ1n) is 10.7. The number of nitrogens with zero attached hydrogens (tertiary/aromatic N) is 1. The van der Waals surface area contributed by atoms with Crippen LogP contribution in [0.5, 0.6) is 11.5 Å². The molecule has 2 aliphatic heterocycles. The van der Waals surface area contributed by atoms with Gasteiger partial charge in [-0.25, -0.2) is 4.39 Å². The van der Waals surface area contributed by atoms with Crippen molar-refractivity contribution in [2.45, 2.75) is 32.5 Å². The fraction of sp³-hybridized carbons (Fsp3) is 0.333. The van der Waals surface area contributed by atoms with Crippen molar-refractivity contribution in [2.75, 3.05) is 19.8 Å². The maximum absolute atomic E-state index is 14.0. The van der Waals surface area contributed by atoms with Crippen molar-refractivity contribution in [3.8, 4) is 11.5 Å². The van der Waals surface area contributed by atoms with Crippen molar-refractivity contribution in [3.63, 3.8) is 0 Å². The first-order chi connectivity index (χ1) is 16.0. The lowest BCUT2D eigenvalue weighted by Gasteiger charge is -2.18. The Hall–Kier alpha value is -1.94. The van der Waals surface area contributed by atoms with Crippen LogP contribution in [-0.2, 0) is 16.1 Å². The maximum Gasteiger partial charge on any atom is 0.266 e. The van der Waals surface area contributed by atoms with E-state index < -0.39 is 0 Å². The molecule has 2 heterocycles. The smallest absolute Gasteiger partial charge is 0.266 e. The van der Waals surface area contributed by atoms with Crippen molar-refractivity contribution >= 4 is 56.2 Å². The topological polar surface area (TPSA) is 48.0 Å². The van der Waals surface area contributed by atoms with E-state index in [4.69, 9.17) is 26.4 Å². The van der Waals surface area contributed by atoms with Gasteiger partial charge < -0.3 is 14.2 Å². The van der Waals surface area contributed by atoms with Gasteiger partial charge in [0.25, 0.3) is 5.91 Å². The van der Waals surface area contributed by atoms with Gasteiger partial charge in [0.05, 0.1) is 28.6 Å². The zero-order chi connectivity index (χ0) is 23.4. The van der Waals surface area contributed by atoms with Crippen LogP contribution in [0.25, 0.3) is 6.08 Å². The first-order valence-corrected chi connectivity index (χ1v) is 12.7. The molecule has 0 radical (unpaired) electrons. The van der Waals surface area contributed by atoms with Crippen molar-refractivity contribution in [1.29, 1.82) is 0 Å². The Labute approximate surface area is 210 Å². The van der Waals surface area contributed by atoms with E-state index >= 15 is 0 Å². The Kier molecular flexibility index (Phi) is 8.06. The van der Waals surface area contributed by atoms with Crippen LogP contribution in [0, 0.1) is 5.82 Å². The number of hydrogen-bond donors (Lipinski definition) is 0. The summed E-state index contributed by atoms with van der Waals surface area (Å²) in [7, 11) is 0. The van der Waals surface area contributed by atoms with Crippen molar-refractivity contribution < 1.29 is 23.4 Å². The largest absolute Gasteiger partial charge is 0.490 e. The lowest BCUT2D eigenvalue weighted by Crippen LogP contribution is -2.35. The number of thiocarbonyl (C=S) groups is 1. The molecule has 0 saturated carbocycles. The van der Waals surface area contributed by atoms with E-state index in [1.54, 1.807) is 35.2 Å². The van der Waals surface area contributed by atoms with Crippen LogP contribution in [-0.4, -0.2) is 41.0 Å². The van der Waals surface area contributed by atoms with E-state index in [1.165, 1.54) is 17.8 Å². The summed E-state index contributed by atoms with van der Waals surface area (Å²) < 4.78 is 32.5. The van der Waals surface area contributed by atoms with Crippen LogP contribution in [0.4, 0.5) is 4.39 Å². The quantitative estimate of drug-likeness (QED) is 0.298. The van der Waals surface area contributed by atoms with Gasteiger partial charge in [-0.1, -0.05) is 42.2 Å². The lowest BCUT2D eigenvalue weighted by molar-refractivity contribution is -0.123. The van der Waals surface area contributed by atoms with Gasteiger partial charge in [-0.05, 0) is 65.5 Å². The second kappa shape index (κ2) is 11.0. The van der Waals surface area contributed by atoms with Crippen LogP contribution in [0.15, 0.2) is 45.8 Å². The summed E-state index contributed by atoms with van der Waals surface area (Å²) in [4.78, 5) is 15.1. The standard InChI is InChI=1S/C24H23BrFNO4S2/c1-2-29-20-11-15(10-18(25)22(20)31-14-16-6-3-4-8-19(16)26)12-21-23(28)27(24(32)33-21)13-17-7-5-9-30-17/h3-4,6,8,10-12,17H,2,5,7,9,13-14H2,1H3/b21-12-/t17-/m0/s1. The number of rotatable bonds is 8. The Morgan fingerprint density at radius 2 is 2.15 bits per heavy atom. The van der Waals surface area contributed by atoms with E-state index in [-0.39, 0.29) is 24.4 Å². The van der Waals surface area contributed by atoms with Crippen LogP contribution in [0.3, 0.4) is 0 Å². The molecular weight excluding hydrogens is 529 g/mol. The summed E-state index contributed by atoms with van der Waals surface area (Å²) in [5.74, 6) is 0.537. The summed E-state index contributed by atoms with van der Waals surface area (Å²) in [6.45, 7) is 3.58. The minimum absolute atomic E-state index is 0.0384. The normalized spacial score (nSPS) is 19.5. The van der Waals surface area contributed by atoms with Gasteiger partial charge in [0.15, 0.2) is 11.5 Å². The number of amides is 1. The Balaban J connectivity index is 1.54. The maximum atomic E-state index is 14.0. The molecule has 2 fully saturated rings. The van der Waals surface area contributed by atoms with Crippen LogP contribution >= 0.6 is 39.9 Å². The van der Waals surface area contributed by atoms with Gasteiger partial charge in [0.2, 0.25) is 0 Å². The average Bonchev–Trinajstić information content (AvgIpc) is 3.39. The van der Waals surface area contributed by atoms with E-state index in [9.17, 15) is 9.18 Å². The number of carbonyl (C=O) groups is 1. The van der Waals surface area contributed by atoms with Gasteiger partial charge in [0.1, 0.15) is 16.7 Å². The fourth-order valence-electron chi connectivity index (χ4n) is 3.64. The van der Waals surface area contributed by atoms with Gasteiger partial charge in [0, 0.05) is 12.2 Å². The third-order valence-corrected chi connectivity index (χ3v) is 7.21. The minimum Gasteiger partial charge on any atom is -0.490 e.